The van der Waals surface area contributed by atoms with Gasteiger partial charge >= 0.3 is 0 Å². The van der Waals surface area contributed by atoms with E-state index >= 15 is 0 Å². The first-order valence-electron chi connectivity index (χ1n) is 6.95. The van der Waals surface area contributed by atoms with Gasteiger partial charge in [-0.15, -0.1) is 0 Å². The van der Waals surface area contributed by atoms with Crippen LogP contribution in [0.25, 0.3) is 0 Å². The molecule has 0 bridgehead atoms. The van der Waals surface area contributed by atoms with Crippen molar-refractivity contribution in [2.75, 3.05) is 11.9 Å². The van der Waals surface area contributed by atoms with Crippen molar-refractivity contribution in [3.63, 3.8) is 0 Å². The van der Waals surface area contributed by atoms with Crippen LogP contribution in [0.3, 0.4) is 0 Å². The lowest BCUT2D eigenvalue weighted by Gasteiger charge is -2.07. The number of carbonyl (C=O) groups is 1. The van der Waals surface area contributed by atoms with Gasteiger partial charge in [-0.3, -0.25) is 4.79 Å². The van der Waals surface area contributed by atoms with E-state index in [9.17, 15) is 9.18 Å². The largest absolute Gasteiger partial charge is 0.325 e. The Labute approximate surface area is 119 Å². The molecule has 0 aliphatic carbocycles. The van der Waals surface area contributed by atoms with Crippen molar-refractivity contribution in [3.05, 3.63) is 29.6 Å². The summed E-state index contributed by atoms with van der Waals surface area (Å²) in [6, 6.07) is 4.13. The van der Waals surface area contributed by atoms with Gasteiger partial charge in [0.25, 0.3) is 0 Å². The fourth-order valence-corrected chi connectivity index (χ4v) is 1.80. The van der Waals surface area contributed by atoms with Crippen LogP contribution in [0.5, 0.6) is 0 Å². The van der Waals surface area contributed by atoms with Gasteiger partial charge in [0.05, 0.1) is 17.8 Å². The van der Waals surface area contributed by atoms with Crippen LogP contribution in [0.15, 0.2) is 18.2 Å². The average Bonchev–Trinajstić information content (AvgIpc) is 2.44. The van der Waals surface area contributed by atoms with Gasteiger partial charge in [-0.2, -0.15) is 0 Å². The van der Waals surface area contributed by atoms with E-state index in [1.165, 1.54) is 18.2 Å². The van der Waals surface area contributed by atoms with E-state index in [0.29, 0.717) is 17.7 Å². The molecule has 0 radical (unpaired) electrons. The molecular formula is C16H21FN2O. The van der Waals surface area contributed by atoms with E-state index in [-0.39, 0.29) is 18.3 Å². The Morgan fingerprint density at radius 2 is 2.15 bits per heavy atom. The van der Waals surface area contributed by atoms with Crippen LogP contribution in [0.4, 0.5) is 10.1 Å². The molecule has 0 unspecified atom stereocenters. The molecule has 1 aromatic rings. The normalized spacial score (nSPS) is 9.75. The van der Waals surface area contributed by atoms with E-state index < -0.39 is 0 Å². The Bertz CT molecular complexity index is 503. The quantitative estimate of drug-likeness (QED) is 0.620. The molecule has 20 heavy (non-hydrogen) atoms. The van der Waals surface area contributed by atoms with Crippen molar-refractivity contribution in [1.82, 2.24) is 0 Å². The molecule has 0 saturated carbocycles. The number of halogens is 1. The van der Waals surface area contributed by atoms with Crippen LogP contribution in [0, 0.1) is 17.7 Å². The summed E-state index contributed by atoms with van der Waals surface area (Å²) >= 11 is 0. The van der Waals surface area contributed by atoms with E-state index in [1.807, 2.05) is 0 Å². The fraction of sp³-hybridized carbons (Fsp3) is 0.438. The third-order valence-electron chi connectivity index (χ3n) is 2.84. The number of hydrogen-bond donors (Lipinski definition) is 2. The van der Waals surface area contributed by atoms with Gasteiger partial charge in [0.2, 0.25) is 5.91 Å². The number of nitrogens with two attached hydrogens (primary N) is 1. The maximum absolute atomic E-state index is 13.2. The minimum atomic E-state index is -0.382. The lowest BCUT2D eigenvalue weighted by atomic mass is 10.1. The summed E-state index contributed by atoms with van der Waals surface area (Å²) < 4.78 is 13.2. The number of amides is 1. The average molecular weight is 276 g/mol. The third-order valence-corrected chi connectivity index (χ3v) is 2.84. The smallest absolute Gasteiger partial charge is 0.224 e. The molecule has 1 amide bonds. The van der Waals surface area contributed by atoms with Gasteiger partial charge in [-0.05, 0) is 24.6 Å². The van der Waals surface area contributed by atoms with E-state index in [4.69, 9.17) is 5.73 Å². The molecule has 108 valence electrons. The molecule has 4 heteroatoms. The summed E-state index contributed by atoms with van der Waals surface area (Å²) in [7, 11) is 0. The van der Waals surface area contributed by atoms with Crippen molar-refractivity contribution in [2.45, 2.75) is 39.0 Å². The SMILES string of the molecule is CCCCCCC(=O)Nc1ccc(F)cc1C#CCN. The first-order valence-corrected chi connectivity index (χ1v) is 6.95. The topological polar surface area (TPSA) is 55.1 Å². The Hall–Kier alpha value is -1.86. The van der Waals surface area contributed by atoms with Crippen LogP contribution in [-0.2, 0) is 4.79 Å². The molecule has 1 aromatic carbocycles. The molecule has 3 nitrogen and oxygen atoms in total. The maximum Gasteiger partial charge on any atom is 0.224 e. The monoisotopic (exact) mass is 276 g/mol. The zero-order valence-electron chi connectivity index (χ0n) is 11.8. The lowest BCUT2D eigenvalue weighted by molar-refractivity contribution is -0.116. The summed E-state index contributed by atoms with van der Waals surface area (Å²) in [6.45, 7) is 2.32. The minimum absolute atomic E-state index is 0.0662. The molecular weight excluding hydrogens is 255 g/mol. The Balaban J connectivity index is 2.64. The second-order valence-electron chi connectivity index (χ2n) is 4.55. The Morgan fingerprint density at radius 1 is 1.35 bits per heavy atom. The maximum atomic E-state index is 13.2. The molecule has 1 rings (SSSR count). The molecule has 0 saturated heterocycles. The van der Waals surface area contributed by atoms with Crippen LogP contribution in [-0.4, -0.2) is 12.5 Å². The summed E-state index contributed by atoms with van der Waals surface area (Å²) in [5.74, 6) is 4.98. The highest BCUT2D eigenvalue weighted by atomic mass is 19.1. The summed E-state index contributed by atoms with van der Waals surface area (Å²) in [5.41, 5.74) is 6.30. The number of rotatable bonds is 6. The highest BCUT2D eigenvalue weighted by Gasteiger charge is 2.06. The van der Waals surface area contributed by atoms with Crippen molar-refractivity contribution in [3.8, 4) is 11.8 Å². The highest BCUT2D eigenvalue weighted by molar-refractivity contribution is 5.92. The predicted molar refractivity (Wildman–Crippen MR) is 79.7 cm³/mol. The number of hydrogen-bond acceptors (Lipinski definition) is 2. The standard InChI is InChI=1S/C16H21FN2O/c1-2-3-4-5-8-16(20)19-15-10-9-14(17)12-13(15)7-6-11-18/h9-10,12H,2-5,8,11,18H2,1H3,(H,19,20). The molecule has 0 aromatic heterocycles. The van der Waals surface area contributed by atoms with Gasteiger partial charge in [0.15, 0.2) is 0 Å². The number of benzene rings is 1. The van der Waals surface area contributed by atoms with Gasteiger partial charge in [0.1, 0.15) is 5.82 Å². The van der Waals surface area contributed by atoms with Crippen LogP contribution >= 0.6 is 0 Å². The second kappa shape index (κ2) is 9.11. The number of anilines is 1. The number of unbranched alkanes of at least 4 members (excludes halogenated alkanes) is 3. The van der Waals surface area contributed by atoms with Crippen LogP contribution in [0.1, 0.15) is 44.6 Å². The summed E-state index contributed by atoms with van der Waals surface area (Å²) in [4.78, 5) is 11.8. The molecule has 0 fully saturated rings. The molecule has 0 aliphatic heterocycles. The van der Waals surface area contributed by atoms with Crippen LogP contribution < -0.4 is 11.1 Å². The van der Waals surface area contributed by atoms with Crippen molar-refractivity contribution in [2.24, 2.45) is 5.73 Å². The van der Waals surface area contributed by atoms with Gasteiger partial charge in [-0.1, -0.05) is 38.0 Å². The number of carbonyl (C=O) groups excluding carboxylic acids is 1. The number of nitrogens with one attached hydrogen (secondary N) is 1. The van der Waals surface area contributed by atoms with Crippen molar-refractivity contribution >= 4 is 11.6 Å². The minimum Gasteiger partial charge on any atom is -0.325 e. The first kappa shape index (κ1) is 16.2. The predicted octanol–water partition coefficient (Wildman–Crippen LogP) is 3.04. The third kappa shape index (κ3) is 5.85. The molecule has 0 aliphatic rings. The van der Waals surface area contributed by atoms with Crippen molar-refractivity contribution < 1.29 is 9.18 Å². The first-order chi connectivity index (χ1) is 9.67. The van der Waals surface area contributed by atoms with E-state index in [0.717, 1.165) is 25.7 Å². The summed E-state index contributed by atoms with van der Waals surface area (Å²) in [5, 5.41) is 2.77. The molecule has 0 atom stereocenters. The Morgan fingerprint density at radius 3 is 2.85 bits per heavy atom. The lowest BCUT2D eigenvalue weighted by Crippen LogP contribution is -2.12. The van der Waals surface area contributed by atoms with Gasteiger partial charge < -0.3 is 11.1 Å². The van der Waals surface area contributed by atoms with Gasteiger partial charge in [0, 0.05) is 6.42 Å². The molecule has 0 heterocycles. The molecule has 0 spiro atoms. The van der Waals surface area contributed by atoms with E-state index in [1.54, 1.807) is 0 Å². The Kier molecular flexibility index (Phi) is 7.38. The van der Waals surface area contributed by atoms with Gasteiger partial charge in [-0.25, -0.2) is 4.39 Å². The van der Waals surface area contributed by atoms with Crippen LogP contribution in [0.2, 0.25) is 0 Å². The second-order valence-corrected chi connectivity index (χ2v) is 4.55. The molecule has 3 N–H and O–H groups in total. The fourth-order valence-electron chi connectivity index (χ4n) is 1.80. The van der Waals surface area contributed by atoms with E-state index in [2.05, 4.69) is 24.1 Å². The van der Waals surface area contributed by atoms with Crippen molar-refractivity contribution in [1.29, 1.82) is 0 Å². The zero-order chi connectivity index (χ0) is 14.8. The highest BCUT2D eigenvalue weighted by Crippen LogP contribution is 2.16. The summed E-state index contributed by atoms with van der Waals surface area (Å²) in [6.07, 6.45) is 4.66. The zero-order valence-corrected chi connectivity index (χ0v) is 11.8.